The molecule has 1 heterocycles. The number of amides is 1. The summed E-state index contributed by atoms with van der Waals surface area (Å²) in [4.78, 5) is 12.2. The van der Waals surface area contributed by atoms with Gasteiger partial charge in [0.05, 0.1) is 5.71 Å². The number of benzene rings is 2. The normalized spacial score (nSPS) is 16.5. The number of hydrazone groups is 1. The maximum absolute atomic E-state index is 12.2. The number of nitrogens with zero attached hydrogens (tertiary/aromatic N) is 1. The van der Waals surface area contributed by atoms with E-state index in [9.17, 15) is 15.0 Å². The third kappa shape index (κ3) is 3.24. The number of carbonyl (C=O) groups excluding carboxylic acids is 1. The number of hydrogen-bond acceptors (Lipinski definition) is 6. The second kappa shape index (κ2) is 6.49. The number of aromatic hydroxyl groups is 2. The fourth-order valence-electron chi connectivity index (χ4n) is 2.23. The van der Waals surface area contributed by atoms with E-state index in [1.807, 2.05) is 6.07 Å². The monoisotopic (exact) mass is 328 g/mol. The Hall–Kier alpha value is -3.22. The fourth-order valence-corrected chi connectivity index (χ4v) is 2.23. The fraction of sp³-hybridized carbons (Fsp3) is 0.176. The zero-order chi connectivity index (χ0) is 17.1. The van der Waals surface area contributed by atoms with Gasteiger partial charge in [0.1, 0.15) is 18.1 Å². The molecule has 0 radical (unpaired) electrons. The Morgan fingerprint density at radius 1 is 1.21 bits per heavy atom. The van der Waals surface area contributed by atoms with Crippen LogP contribution in [-0.2, 0) is 4.79 Å². The van der Waals surface area contributed by atoms with Gasteiger partial charge in [-0.3, -0.25) is 4.79 Å². The molecule has 1 amide bonds. The topological polar surface area (TPSA) is 100 Å². The smallest absolute Gasteiger partial charge is 0.284 e. The Balaban J connectivity index is 1.68. The molecular formula is C17H16N2O5. The first-order chi connectivity index (χ1) is 11.5. The number of ether oxygens (including phenoxy) is 2. The molecule has 3 N–H and O–H groups in total. The average Bonchev–Trinajstić information content (AvgIpc) is 2.61. The molecule has 124 valence electrons. The zero-order valence-electron chi connectivity index (χ0n) is 12.9. The van der Waals surface area contributed by atoms with Crippen molar-refractivity contribution < 1.29 is 24.5 Å². The van der Waals surface area contributed by atoms with Crippen molar-refractivity contribution in [2.75, 3.05) is 6.61 Å². The molecule has 1 aliphatic heterocycles. The predicted octanol–water partition coefficient (Wildman–Crippen LogP) is 1.78. The molecule has 1 aliphatic rings. The van der Waals surface area contributed by atoms with Gasteiger partial charge in [-0.25, -0.2) is 5.43 Å². The Morgan fingerprint density at radius 2 is 1.96 bits per heavy atom. The molecule has 24 heavy (non-hydrogen) atoms. The molecule has 0 saturated carbocycles. The maximum atomic E-state index is 12.2. The Kier molecular flexibility index (Phi) is 4.24. The van der Waals surface area contributed by atoms with Gasteiger partial charge in [0.15, 0.2) is 11.5 Å². The van der Waals surface area contributed by atoms with Crippen LogP contribution in [-0.4, -0.2) is 34.5 Å². The lowest BCUT2D eigenvalue weighted by Gasteiger charge is -2.24. The number of para-hydroxylation sites is 2. The standard InChI is InChI=1S/C17H16N2O5/c1-10(12-8-11(20)6-7-13(12)21)18-19-17(22)16-9-23-14-4-2-3-5-15(14)24-16/h2-8,16,20-21H,9H2,1H3,(H,19,22). The third-order valence-corrected chi connectivity index (χ3v) is 3.50. The number of phenolic OH excluding ortho intramolecular Hbond substituents is 2. The average molecular weight is 328 g/mol. The molecule has 7 nitrogen and oxygen atoms in total. The minimum absolute atomic E-state index is 0.00991. The largest absolute Gasteiger partial charge is 0.508 e. The van der Waals surface area contributed by atoms with Gasteiger partial charge in [-0.1, -0.05) is 12.1 Å². The summed E-state index contributed by atoms with van der Waals surface area (Å²) in [5.74, 6) is 0.559. The number of fused-ring (bicyclic) bond motifs is 1. The number of hydrogen-bond donors (Lipinski definition) is 3. The van der Waals surface area contributed by atoms with Crippen LogP contribution in [0.2, 0.25) is 0 Å². The lowest BCUT2D eigenvalue weighted by atomic mass is 10.1. The van der Waals surface area contributed by atoms with Crippen LogP contribution in [0.15, 0.2) is 47.6 Å². The number of rotatable bonds is 3. The van der Waals surface area contributed by atoms with E-state index in [4.69, 9.17) is 9.47 Å². The van der Waals surface area contributed by atoms with Crippen molar-refractivity contribution in [3.63, 3.8) is 0 Å². The van der Waals surface area contributed by atoms with Crippen LogP contribution in [0.3, 0.4) is 0 Å². The minimum atomic E-state index is -0.825. The molecule has 0 saturated heterocycles. The summed E-state index contributed by atoms with van der Waals surface area (Å²) in [5.41, 5.74) is 3.04. The second-order valence-electron chi connectivity index (χ2n) is 5.24. The zero-order valence-corrected chi connectivity index (χ0v) is 12.9. The van der Waals surface area contributed by atoms with Crippen LogP contribution in [0.5, 0.6) is 23.0 Å². The summed E-state index contributed by atoms with van der Waals surface area (Å²) >= 11 is 0. The summed E-state index contributed by atoms with van der Waals surface area (Å²) in [7, 11) is 0. The highest BCUT2D eigenvalue weighted by atomic mass is 16.6. The van der Waals surface area contributed by atoms with E-state index in [1.165, 1.54) is 18.2 Å². The molecule has 7 heteroatoms. The van der Waals surface area contributed by atoms with Crippen molar-refractivity contribution in [3.8, 4) is 23.0 Å². The summed E-state index contributed by atoms with van der Waals surface area (Å²) in [6.07, 6.45) is -0.825. The van der Waals surface area contributed by atoms with E-state index in [-0.39, 0.29) is 18.1 Å². The van der Waals surface area contributed by atoms with Crippen LogP contribution in [0, 0.1) is 0 Å². The second-order valence-corrected chi connectivity index (χ2v) is 5.24. The SMILES string of the molecule is CC(=NNC(=O)C1COc2ccccc2O1)c1cc(O)ccc1O. The first-order valence-corrected chi connectivity index (χ1v) is 7.29. The van der Waals surface area contributed by atoms with Gasteiger partial charge >= 0.3 is 0 Å². The Bertz CT molecular complexity index is 803. The van der Waals surface area contributed by atoms with E-state index in [2.05, 4.69) is 10.5 Å². The van der Waals surface area contributed by atoms with E-state index < -0.39 is 12.0 Å². The molecule has 3 rings (SSSR count). The van der Waals surface area contributed by atoms with Crippen molar-refractivity contribution >= 4 is 11.6 Å². The van der Waals surface area contributed by atoms with Crippen molar-refractivity contribution in [1.29, 1.82) is 0 Å². The van der Waals surface area contributed by atoms with Crippen molar-refractivity contribution in [1.82, 2.24) is 5.43 Å². The van der Waals surface area contributed by atoms with Crippen molar-refractivity contribution in [2.24, 2.45) is 5.10 Å². The Morgan fingerprint density at radius 3 is 2.75 bits per heavy atom. The number of phenols is 2. The lowest BCUT2D eigenvalue weighted by molar-refractivity contribution is -0.130. The van der Waals surface area contributed by atoms with Crippen LogP contribution in [0.25, 0.3) is 0 Å². The minimum Gasteiger partial charge on any atom is -0.508 e. The first-order valence-electron chi connectivity index (χ1n) is 7.29. The van der Waals surface area contributed by atoms with E-state index >= 15 is 0 Å². The van der Waals surface area contributed by atoms with Gasteiger partial charge in [-0.15, -0.1) is 0 Å². The molecule has 1 unspecified atom stereocenters. The highest BCUT2D eigenvalue weighted by Gasteiger charge is 2.27. The molecular weight excluding hydrogens is 312 g/mol. The molecule has 1 atom stereocenters. The maximum Gasteiger partial charge on any atom is 0.284 e. The molecule has 0 aliphatic carbocycles. The van der Waals surface area contributed by atoms with Crippen LogP contribution in [0.1, 0.15) is 12.5 Å². The summed E-state index contributed by atoms with van der Waals surface area (Å²) in [6, 6.07) is 11.1. The summed E-state index contributed by atoms with van der Waals surface area (Å²) in [5, 5.41) is 23.2. The van der Waals surface area contributed by atoms with Gasteiger partial charge in [0, 0.05) is 5.56 Å². The van der Waals surface area contributed by atoms with Gasteiger partial charge < -0.3 is 19.7 Å². The quantitative estimate of drug-likeness (QED) is 0.453. The first kappa shape index (κ1) is 15.7. The van der Waals surface area contributed by atoms with Gasteiger partial charge in [-0.05, 0) is 37.3 Å². The van der Waals surface area contributed by atoms with Crippen molar-refractivity contribution in [2.45, 2.75) is 13.0 Å². The van der Waals surface area contributed by atoms with Crippen LogP contribution < -0.4 is 14.9 Å². The lowest BCUT2D eigenvalue weighted by Crippen LogP contribution is -2.42. The third-order valence-electron chi connectivity index (χ3n) is 3.50. The highest BCUT2D eigenvalue weighted by Crippen LogP contribution is 2.30. The molecule has 0 fully saturated rings. The molecule has 0 spiro atoms. The summed E-state index contributed by atoms with van der Waals surface area (Å²) in [6.45, 7) is 1.68. The molecule has 2 aromatic rings. The van der Waals surface area contributed by atoms with E-state index in [0.29, 0.717) is 22.8 Å². The number of nitrogens with one attached hydrogen (secondary N) is 1. The van der Waals surface area contributed by atoms with Gasteiger partial charge in [0.25, 0.3) is 5.91 Å². The Labute approximate surface area is 138 Å². The van der Waals surface area contributed by atoms with Gasteiger partial charge in [-0.2, -0.15) is 5.10 Å². The predicted molar refractivity (Wildman–Crippen MR) is 86.5 cm³/mol. The van der Waals surface area contributed by atoms with Crippen LogP contribution in [0.4, 0.5) is 0 Å². The van der Waals surface area contributed by atoms with E-state index in [0.717, 1.165) is 0 Å². The van der Waals surface area contributed by atoms with E-state index in [1.54, 1.807) is 25.1 Å². The molecule has 0 bridgehead atoms. The summed E-state index contributed by atoms with van der Waals surface area (Å²) < 4.78 is 11.1. The highest BCUT2D eigenvalue weighted by molar-refractivity contribution is 6.02. The van der Waals surface area contributed by atoms with Crippen LogP contribution >= 0.6 is 0 Å². The number of carbonyl (C=O) groups is 1. The van der Waals surface area contributed by atoms with Crippen molar-refractivity contribution in [3.05, 3.63) is 48.0 Å². The molecule has 2 aromatic carbocycles. The molecule has 0 aromatic heterocycles. The van der Waals surface area contributed by atoms with Gasteiger partial charge in [0.2, 0.25) is 6.10 Å².